The number of aliphatic imine (C=N–C) groups is 1. The zero-order valence-corrected chi connectivity index (χ0v) is 16.7. The van der Waals surface area contributed by atoms with Crippen LogP contribution >= 0.6 is 23.4 Å². The maximum absolute atomic E-state index is 13.1. The SMILES string of the molecule is COc1ccccc1N1C(=O)/C(=C/c2ccc(O)c(Cl)c2)SC1=NC(C)C. The van der Waals surface area contributed by atoms with Crippen LogP contribution in [0.1, 0.15) is 19.4 Å². The summed E-state index contributed by atoms with van der Waals surface area (Å²) in [7, 11) is 1.57. The van der Waals surface area contributed by atoms with Crippen LogP contribution < -0.4 is 9.64 Å². The molecule has 0 saturated carbocycles. The number of para-hydroxylation sites is 2. The largest absolute Gasteiger partial charge is 0.506 e. The van der Waals surface area contributed by atoms with Gasteiger partial charge in [-0.05, 0) is 61.5 Å². The van der Waals surface area contributed by atoms with Crippen LogP contribution in [0.15, 0.2) is 52.4 Å². The highest BCUT2D eigenvalue weighted by Crippen LogP contribution is 2.40. The Bertz CT molecular complexity index is 941. The number of halogens is 1. The number of ether oxygens (including phenoxy) is 1. The zero-order valence-electron chi connectivity index (χ0n) is 15.1. The molecule has 2 aromatic rings. The minimum atomic E-state index is -0.187. The molecule has 1 N–H and O–H groups in total. The normalized spacial score (nSPS) is 17.4. The van der Waals surface area contributed by atoms with Crippen molar-refractivity contribution in [3.05, 3.63) is 58.0 Å². The summed E-state index contributed by atoms with van der Waals surface area (Å²) in [5, 5.41) is 10.4. The van der Waals surface area contributed by atoms with E-state index in [1.165, 1.54) is 17.8 Å². The molecule has 27 heavy (non-hydrogen) atoms. The van der Waals surface area contributed by atoms with E-state index >= 15 is 0 Å². The standard InChI is InChI=1S/C20H19ClN2O3S/c1-12(2)22-20-23(15-6-4-5-7-17(15)26-3)19(25)18(27-20)11-13-8-9-16(24)14(21)10-13/h4-12,24H,1-3H3/b18-11-,22-20?. The van der Waals surface area contributed by atoms with Gasteiger partial charge in [0.2, 0.25) is 0 Å². The maximum Gasteiger partial charge on any atom is 0.271 e. The number of carbonyl (C=O) groups excluding carboxylic acids is 1. The second-order valence-corrected chi connectivity index (χ2v) is 7.56. The molecule has 1 aliphatic heterocycles. The number of thioether (sulfide) groups is 1. The van der Waals surface area contributed by atoms with Gasteiger partial charge in [-0.3, -0.25) is 14.7 Å². The van der Waals surface area contributed by atoms with E-state index in [-0.39, 0.29) is 22.7 Å². The highest BCUT2D eigenvalue weighted by molar-refractivity contribution is 8.19. The Morgan fingerprint density at radius 1 is 1.26 bits per heavy atom. The summed E-state index contributed by atoms with van der Waals surface area (Å²) < 4.78 is 5.42. The molecule has 0 aromatic heterocycles. The van der Waals surface area contributed by atoms with Gasteiger partial charge < -0.3 is 9.84 Å². The van der Waals surface area contributed by atoms with Gasteiger partial charge in [0.1, 0.15) is 11.5 Å². The van der Waals surface area contributed by atoms with Crippen LogP contribution in [0.4, 0.5) is 5.69 Å². The van der Waals surface area contributed by atoms with Gasteiger partial charge in [-0.15, -0.1) is 0 Å². The number of nitrogens with zero attached hydrogens (tertiary/aromatic N) is 2. The lowest BCUT2D eigenvalue weighted by Gasteiger charge is -2.19. The van der Waals surface area contributed by atoms with E-state index in [2.05, 4.69) is 4.99 Å². The van der Waals surface area contributed by atoms with Gasteiger partial charge >= 0.3 is 0 Å². The van der Waals surface area contributed by atoms with Crippen LogP contribution in [-0.2, 0) is 4.79 Å². The number of rotatable bonds is 4. The minimum absolute atomic E-state index is 0.00178. The van der Waals surface area contributed by atoms with Crippen LogP contribution in [0.5, 0.6) is 11.5 Å². The van der Waals surface area contributed by atoms with Gasteiger partial charge in [-0.2, -0.15) is 0 Å². The highest BCUT2D eigenvalue weighted by Gasteiger charge is 2.36. The predicted molar refractivity (Wildman–Crippen MR) is 112 cm³/mol. The summed E-state index contributed by atoms with van der Waals surface area (Å²) in [5.41, 5.74) is 1.36. The number of phenols is 1. The first-order valence-electron chi connectivity index (χ1n) is 8.34. The number of aromatic hydroxyl groups is 1. The van der Waals surface area contributed by atoms with Gasteiger partial charge in [0, 0.05) is 6.04 Å². The summed E-state index contributed by atoms with van der Waals surface area (Å²) in [4.78, 5) is 19.8. The molecule has 1 saturated heterocycles. The van der Waals surface area contributed by atoms with Crippen molar-refractivity contribution in [3.63, 3.8) is 0 Å². The lowest BCUT2D eigenvalue weighted by Crippen LogP contribution is -2.29. The Morgan fingerprint density at radius 2 is 2.00 bits per heavy atom. The molecule has 1 heterocycles. The molecule has 0 atom stereocenters. The summed E-state index contributed by atoms with van der Waals surface area (Å²) in [5.74, 6) is 0.409. The molecule has 1 fully saturated rings. The number of amides is 1. The Morgan fingerprint density at radius 3 is 2.67 bits per heavy atom. The number of phenolic OH excluding ortho intramolecular Hbond substituents is 1. The smallest absolute Gasteiger partial charge is 0.271 e. The maximum atomic E-state index is 13.1. The molecule has 0 unspecified atom stereocenters. The number of hydrogen-bond donors (Lipinski definition) is 1. The van der Waals surface area contributed by atoms with Crippen molar-refractivity contribution in [3.8, 4) is 11.5 Å². The quantitative estimate of drug-likeness (QED) is 0.736. The van der Waals surface area contributed by atoms with E-state index in [0.717, 1.165) is 5.56 Å². The van der Waals surface area contributed by atoms with Gasteiger partial charge in [0.25, 0.3) is 5.91 Å². The number of hydrogen-bond acceptors (Lipinski definition) is 5. The van der Waals surface area contributed by atoms with Crippen LogP contribution in [0, 0.1) is 0 Å². The Balaban J connectivity index is 2.06. The number of methoxy groups -OCH3 is 1. The van der Waals surface area contributed by atoms with Crippen molar-refractivity contribution in [2.45, 2.75) is 19.9 Å². The molecule has 2 aromatic carbocycles. The summed E-state index contributed by atoms with van der Waals surface area (Å²) in [6.45, 7) is 3.92. The fraction of sp³-hybridized carbons (Fsp3) is 0.200. The third kappa shape index (κ3) is 4.12. The highest BCUT2D eigenvalue weighted by atomic mass is 35.5. The average Bonchev–Trinajstić information content (AvgIpc) is 2.92. The molecule has 140 valence electrons. The van der Waals surface area contributed by atoms with E-state index in [1.54, 1.807) is 30.2 Å². The lowest BCUT2D eigenvalue weighted by atomic mass is 10.2. The molecule has 7 heteroatoms. The van der Waals surface area contributed by atoms with Crippen LogP contribution in [-0.4, -0.2) is 29.3 Å². The molecule has 1 aliphatic rings. The van der Waals surface area contributed by atoms with Crippen LogP contribution in [0.25, 0.3) is 6.08 Å². The zero-order chi connectivity index (χ0) is 19.6. The molecule has 0 radical (unpaired) electrons. The summed E-state index contributed by atoms with van der Waals surface area (Å²) in [6.07, 6.45) is 1.74. The van der Waals surface area contributed by atoms with E-state index in [4.69, 9.17) is 16.3 Å². The van der Waals surface area contributed by atoms with E-state index < -0.39 is 0 Å². The molecule has 1 amide bonds. The summed E-state index contributed by atoms with van der Waals surface area (Å²) >= 11 is 7.28. The first-order valence-corrected chi connectivity index (χ1v) is 9.53. The predicted octanol–water partition coefficient (Wildman–Crippen LogP) is 4.94. The van der Waals surface area contributed by atoms with Crippen molar-refractivity contribution in [2.24, 2.45) is 4.99 Å². The average molecular weight is 403 g/mol. The topological polar surface area (TPSA) is 62.1 Å². The van der Waals surface area contributed by atoms with Crippen molar-refractivity contribution in [2.75, 3.05) is 12.0 Å². The van der Waals surface area contributed by atoms with Crippen LogP contribution in [0.2, 0.25) is 5.02 Å². The third-order valence-corrected chi connectivity index (χ3v) is 5.06. The Kier molecular flexibility index (Phi) is 5.77. The molecule has 3 rings (SSSR count). The number of anilines is 1. The van der Waals surface area contributed by atoms with Gasteiger partial charge in [-0.1, -0.05) is 29.8 Å². The monoisotopic (exact) mass is 402 g/mol. The van der Waals surface area contributed by atoms with Crippen molar-refractivity contribution in [1.82, 2.24) is 0 Å². The fourth-order valence-electron chi connectivity index (χ4n) is 2.57. The number of amidine groups is 1. The Labute approximate surface area is 167 Å². The van der Waals surface area contributed by atoms with Gasteiger partial charge in [0.05, 0.1) is 22.7 Å². The first-order chi connectivity index (χ1) is 12.9. The minimum Gasteiger partial charge on any atom is -0.506 e. The first kappa shape index (κ1) is 19.3. The number of benzene rings is 2. The van der Waals surface area contributed by atoms with Crippen LogP contribution in [0.3, 0.4) is 0 Å². The molecule has 0 aliphatic carbocycles. The second kappa shape index (κ2) is 8.06. The molecular weight excluding hydrogens is 384 g/mol. The fourth-order valence-corrected chi connectivity index (χ4v) is 3.87. The summed E-state index contributed by atoms with van der Waals surface area (Å²) in [6, 6.07) is 12.2. The molecule has 0 spiro atoms. The van der Waals surface area contributed by atoms with Gasteiger partial charge in [-0.25, -0.2) is 0 Å². The van der Waals surface area contributed by atoms with E-state index in [0.29, 0.717) is 21.5 Å². The van der Waals surface area contributed by atoms with Crippen molar-refractivity contribution < 1.29 is 14.6 Å². The van der Waals surface area contributed by atoms with E-state index in [1.807, 2.05) is 38.1 Å². The molecule has 0 bridgehead atoms. The lowest BCUT2D eigenvalue weighted by molar-refractivity contribution is -0.113. The molecule has 5 nitrogen and oxygen atoms in total. The van der Waals surface area contributed by atoms with Crippen molar-refractivity contribution in [1.29, 1.82) is 0 Å². The third-order valence-electron chi connectivity index (χ3n) is 3.77. The Hall–Kier alpha value is -2.44. The molecular formula is C20H19ClN2O3S. The van der Waals surface area contributed by atoms with E-state index in [9.17, 15) is 9.90 Å². The second-order valence-electron chi connectivity index (χ2n) is 6.14. The van der Waals surface area contributed by atoms with Gasteiger partial charge in [0.15, 0.2) is 5.17 Å². The number of carbonyl (C=O) groups is 1. The van der Waals surface area contributed by atoms with Crippen molar-refractivity contribution >= 4 is 46.2 Å².